The van der Waals surface area contributed by atoms with E-state index < -0.39 is 10.0 Å². The first kappa shape index (κ1) is 19.7. The molecule has 0 spiro atoms. The van der Waals surface area contributed by atoms with Gasteiger partial charge in [0.2, 0.25) is 10.0 Å². The number of amides is 1. The van der Waals surface area contributed by atoms with Gasteiger partial charge in [-0.15, -0.1) is 0 Å². The lowest BCUT2D eigenvalue weighted by Crippen LogP contribution is -2.27. The second kappa shape index (κ2) is 8.52. The van der Waals surface area contributed by atoms with Gasteiger partial charge in [-0.2, -0.15) is 0 Å². The maximum absolute atomic E-state index is 12.1. The van der Waals surface area contributed by atoms with Crippen LogP contribution in [-0.4, -0.2) is 46.9 Å². The highest BCUT2D eigenvalue weighted by Gasteiger charge is 2.17. The molecule has 0 fully saturated rings. The molecule has 0 aliphatic rings. The highest BCUT2D eigenvalue weighted by molar-refractivity contribution is 7.92. The van der Waals surface area contributed by atoms with Crippen molar-refractivity contribution >= 4 is 33.2 Å². The van der Waals surface area contributed by atoms with E-state index in [4.69, 9.17) is 16.3 Å². The van der Waals surface area contributed by atoms with Gasteiger partial charge in [-0.1, -0.05) is 11.6 Å². The van der Waals surface area contributed by atoms with E-state index in [1.54, 1.807) is 6.07 Å². The Kier molecular flexibility index (Phi) is 7.31. The molecule has 8 heteroatoms. The summed E-state index contributed by atoms with van der Waals surface area (Å²) in [6.45, 7) is 4.95. The molecule has 1 aromatic rings. The Labute approximate surface area is 142 Å². The van der Waals surface area contributed by atoms with Gasteiger partial charge in [-0.05, 0) is 38.5 Å². The molecule has 23 heavy (non-hydrogen) atoms. The van der Waals surface area contributed by atoms with Crippen LogP contribution in [0.1, 0.15) is 30.6 Å². The van der Waals surface area contributed by atoms with Crippen molar-refractivity contribution < 1.29 is 17.9 Å². The minimum absolute atomic E-state index is 0.163. The summed E-state index contributed by atoms with van der Waals surface area (Å²) in [5.74, 6) is -0.283. The number of nitrogens with one attached hydrogen (secondary N) is 1. The maximum Gasteiger partial charge on any atom is 0.251 e. The maximum atomic E-state index is 12.1. The van der Waals surface area contributed by atoms with Crippen molar-refractivity contribution in [2.24, 2.45) is 0 Å². The molecule has 0 saturated carbocycles. The van der Waals surface area contributed by atoms with Gasteiger partial charge in [0.05, 0.1) is 23.1 Å². The molecule has 0 atom stereocenters. The molecule has 1 amide bonds. The predicted octanol–water partition coefficient (Wildman–Crippen LogP) is 2.28. The Hall–Kier alpha value is -1.31. The molecule has 0 unspecified atom stereocenters. The Morgan fingerprint density at radius 2 is 2.04 bits per heavy atom. The third-order valence-electron chi connectivity index (χ3n) is 3.10. The van der Waals surface area contributed by atoms with Crippen LogP contribution >= 0.6 is 11.6 Å². The Morgan fingerprint density at radius 3 is 2.61 bits per heavy atom. The first-order chi connectivity index (χ1) is 10.6. The Bertz CT molecular complexity index is 647. The van der Waals surface area contributed by atoms with Gasteiger partial charge in [0, 0.05) is 25.8 Å². The van der Waals surface area contributed by atoms with Crippen LogP contribution in [0.3, 0.4) is 0 Å². The number of sulfonamides is 1. The van der Waals surface area contributed by atoms with Crippen LogP contribution in [0.2, 0.25) is 5.02 Å². The summed E-state index contributed by atoms with van der Waals surface area (Å²) in [6, 6.07) is 4.53. The zero-order valence-corrected chi connectivity index (χ0v) is 15.4. The molecule has 0 aliphatic heterocycles. The third-order valence-corrected chi connectivity index (χ3v) is 4.61. The molecular weight excluding hydrogens is 340 g/mol. The number of carbonyl (C=O) groups excluding carboxylic acids is 1. The number of halogens is 1. The van der Waals surface area contributed by atoms with Crippen molar-refractivity contribution in [3.63, 3.8) is 0 Å². The number of rotatable bonds is 8. The van der Waals surface area contributed by atoms with E-state index >= 15 is 0 Å². The van der Waals surface area contributed by atoms with Gasteiger partial charge in [-0.25, -0.2) is 8.42 Å². The molecule has 0 aliphatic carbocycles. The topological polar surface area (TPSA) is 75.7 Å². The van der Waals surface area contributed by atoms with E-state index in [-0.39, 0.29) is 22.7 Å². The first-order valence-electron chi connectivity index (χ1n) is 7.26. The van der Waals surface area contributed by atoms with Crippen LogP contribution in [0.15, 0.2) is 18.2 Å². The number of hydrogen-bond acceptors (Lipinski definition) is 4. The van der Waals surface area contributed by atoms with E-state index in [0.29, 0.717) is 25.1 Å². The van der Waals surface area contributed by atoms with Gasteiger partial charge < -0.3 is 10.1 Å². The average molecular weight is 363 g/mol. The van der Waals surface area contributed by atoms with Crippen molar-refractivity contribution in [2.75, 3.05) is 30.8 Å². The molecule has 0 radical (unpaired) electrons. The fraction of sp³-hybridized carbons (Fsp3) is 0.533. The molecule has 0 bridgehead atoms. The number of nitrogens with zero attached hydrogens (tertiary/aromatic N) is 1. The lowest BCUT2D eigenvalue weighted by molar-refractivity contribution is 0.0757. The highest BCUT2D eigenvalue weighted by atomic mass is 35.5. The van der Waals surface area contributed by atoms with Crippen LogP contribution in [-0.2, 0) is 14.8 Å². The van der Waals surface area contributed by atoms with Crippen molar-refractivity contribution in [1.82, 2.24) is 5.32 Å². The molecule has 0 saturated heterocycles. The summed E-state index contributed by atoms with van der Waals surface area (Å²) in [4.78, 5) is 12.1. The number of ether oxygens (including phenoxy) is 1. The van der Waals surface area contributed by atoms with Gasteiger partial charge in [0.1, 0.15) is 0 Å². The van der Waals surface area contributed by atoms with E-state index in [1.807, 2.05) is 13.8 Å². The number of hydrogen-bond donors (Lipinski definition) is 1. The number of anilines is 1. The van der Waals surface area contributed by atoms with Gasteiger partial charge in [0.15, 0.2) is 0 Å². The minimum Gasteiger partial charge on any atom is -0.379 e. The van der Waals surface area contributed by atoms with Crippen LogP contribution in [0.25, 0.3) is 0 Å². The predicted molar refractivity (Wildman–Crippen MR) is 92.7 cm³/mol. The lowest BCUT2D eigenvalue weighted by atomic mass is 10.2. The summed E-state index contributed by atoms with van der Waals surface area (Å²) in [5, 5.41) is 3.03. The van der Waals surface area contributed by atoms with E-state index in [0.717, 1.165) is 10.6 Å². The van der Waals surface area contributed by atoms with Gasteiger partial charge >= 0.3 is 0 Å². The fourth-order valence-electron chi connectivity index (χ4n) is 1.77. The van der Waals surface area contributed by atoms with Crippen molar-refractivity contribution in [2.45, 2.75) is 26.4 Å². The quantitative estimate of drug-likeness (QED) is 0.720. The SMILES string of the molecule is CC(C)OCCCNC(=O)c1ccc(Cl)c(N(C)S(C)(=O)=O)c1. The second-order valence-corrected chi connectivity index (χ2v) is 7.85. The first-order valence-corrected chi connectivity index (χ1v) is 9.49. The van der Waals surface area contributed by atoms with Crippen molar-refractivity contribution in [3.05, 3.63) is 28.8 Å². The van der Waals surface area contributed by atoms with Crippen LogP contribution < -0.4 is 9.62 Å². The molecule has 1 N–H and O–H groups in total. The molecule has 1 rings (SSSR count). The zero-order valence-electron chi connectivity index (χ0n) is 13.8. The van der Waals surface area contributed by atoms with Gasteiger partial charge in [-0.3, -0.25) is 9.10 Å². The standard InChI is InChI=1S/C15H23ClN2O4S/c1-11(2)22-9-5-8-17-15(19)12-6-7-13(16)14(10-12)18(3)23(4,20)21/h6-7,10-11H,5,8-9H2,1-4H3,(H,17,19). The van der Waals surface area contributed by atoms with E-state index in [1.165, 1.54) is 19.2 Å². The lowest BCUT2D eigenvalue weighted by Gasteiger charge is -2.18. The molecule has 0 heterocycles. The average Bonchev–Trinajstić information content (AvgIpc) is 2.45. The molecular formula is C15H23ClN2O4S. The summed E-state index contributed by atoms with van der Waals surface area (Å²) in [6.07, 6.45) is 1.94. The largest absolute Gasteiger partial charge is 0.379 e. The normalized spacial score (nSPS) is 11.6. The summed E-state index contributed by atoms with van der Waals surface area (Å²) in [7, 11) is -2.06. The molecule has 130 valence electrons. The summed E-state index contributed by atoms with van der Waals surface area (Å²) >= 11 is 6.02. The zero-order chi connectivity index (χ0) is 17.6. The molecule has 0 aromatic heterocycles. The fourth-order valence-corrected chi connectivity index (χ4v) is 2.57. The summed E-state index contributed by atoms with van der Waals surface area (Å²) < 4.78 is 29.7. The smallest absolute Gasteiger partial charge is 0.251 e. The second-order valence-electron chi connectivity index (χ2n) is 5.43. The van der Waals surface area contributed by atoms with Crippen LogP contribution in [0.4, 0.5) is 5.69 Å². The van der Waals surface area contributed by atoms with Crippen LogP contribution in [0.5, 0.6) is 0 Å². The Morgan fingerprint density at radius 1 is 1.39 bits per heavy atom. The van der Waals surface area contributed by atoms with E-state index in [9.17, 15) is 13.2 Å². The van der Waals surface area contributed by atoms with Crippen molar-refractivity contribution in [1.29, 1.82) is 0 Å². The number of benzene rings is 1. The molecule has 1 aromatic carbocycles. The van der Waals surface area contributed by atoms with Crippen molar-refractivity contribution in [3.8, 4) is 0 Å². The monoisotopic (exact) mass is 362 g/mol. The minimum atomic E-state index is -3.45. The Balaban J connectivity index is 2.72. The summed E-state index contributed by atoms with van der Waals surface area (Å²) in [5.41, 5.74) is 0.620. The number of carbonyl (C=O) groups is 1. The van der Waals surface area contributed by atoms with E-state index in [2.05, 4.69) is 5.32 Å². The van der Waals surface area contributed by atoms with Gasteiger partial charge in [0.25, 0.3) is 5.91 Å². The molecule has 6 nitrogen and oxygen atoms in total. The highest BCUT2D eigenvalue weighted by Crippen LogP contribution is 2.27. The van der Waals surface area contributed by atoms with Crippen LogP contribution in [0, 0.1) is 0 Å². The third kappa shape index (κ3) is 6.37.